The number of hydrogen-bond acceptors (Lipinski definition) is 5. The normalized spacial score (nSPS) is 18.5. The molecule has 18 heavy (non-hydrogen) atoms. The van der Waals surface area contributed by atoms with Crippen LogP contribution in [0.5, 0.6) is 11.5 Å². The Hall–Kier alpha value is -0.143. The molecule has 1 aliphatic rings. The van der Waals surface area contributed by atoms with Crippen LogP contribution in [-0.2, 0) is 9.53 Å². The number of thiophene rings is 1. The Kier molecular flexibility index (Phi) is 4.66. The molecule has 9 heteroatoms. The third-order valence-corrected chi connectivity index (χ3v) is 4.68. The maximum atomic E-state index is 11.4. The second-order valence-electron chi connectivity index (χ2n) is 3.63. The molecular weight excluding hydrogens is 339 g/mol. The van der Waals surface area contributed by atoms with Gasteiger partial charge >= 0.3 is 12.0 Å². The molecule has 0 amide bonds. The SMILES string of the molecule is O=C(C[Si](Cl)(Cl)Cl)OCC1COc2cscc2O1. The van der Waals surface area contributed by atoms with Crippen molar-refractivity contribution in [1.82, 2.24) is 0 Å². The van der Waals surface area contributed by atoms with Gasteiger partial charge in [0.15, 0.2) is 17.6 Å². The Balaban J connectivity index is 1.77. The zero-order valence-corrected chi connectivity index (χ0v) is 13.1. The Morgan fingerprint density at radius 3 is 2.89 bits per heavy atom. The van der Waals surface area contributed by atoms with Gasteiger partial charge in [-0.15, -0.1) is 44.6 Å². The van der Waals surface area contributed by atoms with Gasteiger partial charge in [0.05, 0.1) is 6.04 Å². The standard InChI is InChI=1S/C9H9Cl3O4SSi/c10-18(11,12)5-9(13)15-2-6-1-14-7-3-17-4-8(7)16-6/h3-4,6H,1-2,5H2. The van der Waals surface area contributed by atoms with Crippen molar-refractivity contribution in [3.05, 3.63) is 10.8 Å². The van der Waals surface area contributed by atoms with Crippen LogP contribution in [0.2, 0.25) is 6.04 Å². The lowest BCUT2D eigenvalue weighted by Gasteiger charge is -2.24. The molecule has 2 rings (SSSR count). The van der Waals surface area contributed by atoms with E-state index in [-0.39, 0.29) is 18.8 Å². The Bertz CT molecular complexity index is 434. The van der Waals surface area contributed by atoms with E-state index in [1.165, 1.54) is 11.3 Å². The van der Waals surface area contributed by atoms with E-state index in [0.717, 1.165) is 5.75 Å². The highest BCUT2D eigenvalue weighted by Crippen LogP contribution is 2.35. The fraction of sp³-hybridized carbons (Fsp3) is 0.444. The van der Waals surface area contributed by atoms with Gasteiger partial charge in [0.1, 0.15) is 13.2 Å². The Morgan fingerprint density at radius 1 is 1.44 bits per heavy atom. The van der Waals surface area contributed by atoms with Crippen LogP contribution in [0.4, 0.5) is 0 Å². The van der Waals surface area contributed by atoms with E-state index < -0.39 is 12.0 Å². The number of rotatable bonds is 4. The van der Waals surface area contributed by atoms with E-state index in [2.05, 4.69) is 0 Å². The minimum atomic E-state index is -2.98. The summed E-state index contributed by atoms with van der Waals surface area (Å²) in [6.45, 7) is 0.422. The number of carbonyl (C=O) groups excluding carboxylic acids is 1. The van der Waals surface area contributed by atoms with E-state index in [1.54, 1.807) is 0 Å². The van der Waals surface area contributed by atoms with Gasteiger partial charge in [-0.25, -0.2) is 0 Å². The number of ether oxygens (including phenoxy) is 3. The van der Waals surface area contributed by atoms with E-state index >= 15 is 0 Å². The molecule has 1 aromatic rings. The summed E-state index contributed by atoms with van der Waals surface area (Å²) in [5.74, 6) is 0.862. The molecule has 0 radical (unpaired) electrons. The predicted molar refractivity (Wildman–Crippen MR) is 73.3 cm³/mol. The summed E-state index contributed by atoms with van der Waals surface area (Å²) < 4.78 is 16.0. The van der Waals surface area contributed by atoms with Crippen molar-refractivity contribution in [3.63, 3.8) is 0 Å². The first kappa shape index (κ1) is 14.3. The van der Waals surface area contributed by atoms with Crippen molar-refractivity contribution in [2.45, 2.75) is 12.1 Å². The topological polar surface area (TPSA) is 44.8 Å². The van der Waals surface area contributed by atoms with Crippen LogP contribution >= 0.6 is 44.6 Å². The van der Waals surface area contributed by atoms with E-state index in [4.69, 9.17) is 47.4 Å². The zero-order valence-electron chi connectivity index (χ0n) is 9.03. The molecule has 0 saturated carbocycles. The molecule has 0 N–H and O–H groups in total. The van der Waals surface area contributed by atoms with Crippen LogP contribution in [-0.4, -0.2) is 31.3 Å². The molecule has 0 fully saturated rings. The van der Waals surface area contributed by atoms with Crippen molar-refractivity contribution >= 4 is 56.5 Å². The number of carbonyl (C=O) groups is 1. The summed E-state index contributed by atoms with van der Waals surface area (Å²) in [5, 5.41) is 3.68. The van der Waals surface area contributed by atoms with Gasteiger partial charge in [-0.3, -0.25) is 4.79 Å². The molecule has 1 unspecified atom stereocenters. The summed E-state index contributed by atoms with van der Waals surface area (Å²) in [6, 6.07) is -3.14. The summed E-state index contributed by atoms with van der Waals surface area (Å²) >= 11 is 18.3. The molecule has 100 valence electrons. The second kappa shape index (κ2) is 5.88. The highest BCUT2D eigenvalue weighted by atomic mass is 35.8. The van der Waals surface area contributed by atoms with E-state index in [9.17, 15) is 4.79 Å². The molecule has 1 aliphatic heterocycles. The average Bonchev–Trinajstić information content (AvgIpc) is 2.71. The first-order chi connectivity index (χ1) is 8.44. The molecule has 0 aliphatic carbocycles. The Morgan fingerprint density at radius 2 is 2.17 bits per heavy atom. The summed E-state index contributed by atoms with van der Waals surface area (Å²) in [7, 11) is 0. The minimum absolute atomic E-state index is 0.0866. The third kappa shape index (κ3) is 4.20. The monoisotopic (exact) mass is 346 g/mol. The van der Waals surface area contributed by atoms with E-state index in [0.29, 0.717) is 12.4 Å². The minimum Gasteiger partial charge on any atom is -0.485 e. The molecule has 1 atom stereocenters. The lowest BCUT2D eigenvalue weighted by molar-refractivity contribution is -0.144. The van der Waals surface area contributed by atoms with Gasteiger partial charge in [0.2, 0.25) is 0 Å². The van der Waals surface area contributed by atoms with Gasteiger partial charge in [-0.2, -0.15) is 0 Å². The van der Waals surface area contributed by atoms with Crippen LogP contribution in [0.3, 0.4) is 0 Å². The van der Waals surface area contributed by atoms with Gasteiger partial charge in [-0.1, -0.05) is 0 Å². The first-order valence-corrected chi connectivity index (χ1v) is 11.2. The van der Waals surface area contributed by atoms with Crippen molar-refractivity contribution in [3.8, 4) is 11.5 Å². The van der Waals surface area contributed by atoms with Gasteiger partial charge < -0.3 is 14.2 Å². The Labute approximate surface area is 123 Å². The second-order valence-corrected chi connectivity index (χ2v) is 13.5. The van der Waals surface area contributed by atoms with E-state index in [1.807, 2.05) is 10.8 Å². The number of fused-ring (bicyclic) bond motifs is 1. The number of esters is 1. The highest BCUT2D eigenvalue weighted by molar-refractivity contribution is 7.65. The van der Waals surface area contributed by atoms with Crippen LogP contribution in [0, 0.1) is 0 Å². The molecular formula is C9H9Cl3O4SSi. The molecule has 0 saturated heterocycles. The molecule has 0 bridgehead atoms. The van der Waals surface area contributed by atoms with Gasteiger partial charge in [-0.05, 0) is 0 Å². The molecule has 2 heterocycles. The third-order valence-electron chi connectivity index (χ3n) is 2.09. The van der Waals surface area contributed by atoms with Gasteiger partial charge in [0.25, 0.3) is 0 Å². The molecule has 4 nitrogen and oxygen atoms in total. The van der Waals surface area contributed by atoms with Crippen LogP contribution in [0.25, 0.3) is 0 Å². The smallest absolute Gasteiger partial charge is 0.352 e. The molecule has 1 aromatic heterocycles. The maximum absolute atomic E-state index is 11.4. The largest absolute Gasteiger partial charge is 0.485 e. The van der Waals surface area contributed by atoms with Crippen molar-refractivity contribution < 1.29 is 19.0 Å². The molecule has 0 spiro atoms. The van der Waals surface area contributed by atoms with Crippen LogP contribution in [0.1, 0.15) is 0 Å². The highest BCUT2D eigenvalue weighted by Gasteiger charge is 2.31. The summed E-state index contributed by atoms with van der Waals surface area (Å²) in [5.41, 5.74) is 0. The zero-order chi connectivity index (χ0) is 13.2. The summed E-state index contributed by atoms with van der Waals surface area (Å²) in [6.07, 6.45) is -0.326. The fourth-order valence-corrected chi connectivity index (χ4v) is 3.43. The number of hydrogen-bond donors (Lipinski definition) is 0. The van der Waals surface area contributed by atoms with Crippen molar-refractivity contribution in [1.29, 1.82) is 0 Å². The number of halogens is 3. The van der Waals surface area contributed by atoms with Crippen LogP contribution in [0.15, 0.2) is 10.8 Å². The first-order valence-electron chi connectivity index (χ1n) is 5.02. The summed E-state index contributed by atoms with van der Waals surface area (Å²) in [4.78, 5) is 11.4. The quantitative estimate of drug-likeness (QED) is 0.477. The van der Waals surface area contributed by atoms with Crippen molar-refractivity contribution in [2.75, 3.05) is 13.2 Å². The lowest BCUT2D eigenvalue weighted by atomic mass is 10.3. The molecule has 0 aromatic carbocycles. The lowest BCUT2D eigenvalue weighted by Crippen LogP contribution is -2.34. The fourth-order valence-electron chi connectivity index (χ4n) is 1.34. The van der Waals surface area contributed by atoms with Crippen LogP contribution < -0.4 is 9.47 Å². The van der Waals surface area contributed by atoms with Crippen molar-refractivity contribution in [2.24, 2.45) is 0 Å². The maximum Gasteiger partial charge on any atom is 0.352 e. The average molecular weight is 348 g/mol. The van der Waals surface area contributed by atoms with Gasteiger partial charge in [0, 0.05) is 10.8 Å². The predicted octanol–water partition coefficient (Wildman–Crippen LogP) is 3.09.